The van der Waals surface area contributed by atoms with Crippen LogP contribution in [0.4, 0.5) is 14.5 Å². The number of aryl methyl sites for hydroxylation is 1. The first-order valence-corrected chi connectivity index (χ1v) is 4.74. The van der Waals surface area contributed by atoms with E-state index in [1.165, 1.54) is 6.92 Å². The van der Waals surface area contributed by atoms with E-state index in [4.69, 9.17) is 4.74 Å². The number of benzene rings is 1. The summed E-state index contributed by atoms with van der Waals surface area (Å²) < 4.78 is 29.6. The Balaban J connectivity index is 2.78. The minimum absolute atomic E-state index is 0.712. The van der Waals surface area contributed by atoms with Crippen LogP contribution in [0.15, 0.2) is 18.2 Å². The fourth-order valence-corrected chi connectivity index (χ4v) is 1.23. The lowest BCUT2D eigenvalue weighted by Crippen LogP contribution is -2.24. The van der Waals surface area contributed by atoms with E-state index in [1.54, 1.807) is 25.3 Å². The van der Waals surface area contributed by atoms with E-state index in [0.717, 1.165) is 11.3 Å². The fraction of sp³-hybridized carbons (Fsp3) is 0.455. The van der Waals surface area contributed by atoms with Gasteiger partial charge in [0.1, 0.15) is 5.75 Å². The molecule has 0 bridgehead atoms. The number of hydrogen-bond acceptors (Lipinski definition) is 2. The molecule has 1 N–H and O–H groups in total. The standard InChI is InChI=1S/C11H15F2NO/c1-7-6-9(15-3)4-5-10(7)14-8(2)11(12)13/h4-6,8,11,14H,1-3H3. The van der Waals surface area contributed by atoms with Crippen molar-refractivity contribution < 1.29 is 13.5 Å². The third kappa shape index (κ3) is 3.08. The van der Waals surface area contributed by atoms with E-state index >= 15 is 0 Å². The van der Waals surface area contributed by atoms with Crippen molar-refractivity contribution in [1.29, 1.82) is 0 Å². The van der Waals surface area contributed by atoms with Gasteiger partial charge in [-0.2, -0.15) is 0 Å². The second kappa shape index (κ2) is 4.96. The first-order valence-electron chi connectivity index (χ1n) is 4.74. The predicted molar refractivity (Wildman–Crippen MR) is 56.8 cm³/mol. The highest BCUT2D eigenvalue weighted by Gasteiger charge is 2.14. The van der Waals surface area contributed by atoms with Crippen LogP contribution in [0.1, 0.15) is 12.5 Å². The molecule has 1 rings (SSSR count). The van der Waals surface area contributed by atoms with Gasteiger partial charge < -0.3 is 10.1 Å². The van der Waals surface area contributed by atoms with Gasteiger partial charge in [0.15, 0.2) is 0 Å². The lowest BCUT2D eigenvalue weighted by Gasteiger charge is -2.16. The molecule has 0 spiro atoms. The van der Waals surface area contributed by atoms with Gasteiger partial charge >= 0.3 is 0 Å². The molecule has 0 heterocycles. The Hall–Kier alpha value is -1.32. The molecule has 0 saturated carbocycles. The van der Waals surface area contributed by atoms with Gasteiger partial charge in [-0.05, 0) is 37.6 Å². The summed E-state index contributed by atoms with van der Waals surface area (Å²) in [7, 11) is 1.57. The van der Waals surface area contributed by atoms with Crippen molar-refractivity contribution in [2.24, 2.45) is 0 Å². The molecule has 1 aromatic rings. The maximum absolute atomic E-state index is 12.3. The smallest absolute Gasteiger partial charge is 0.258 e. The minimum atomic E-state index is -2.37. The molecule has 0 radical (unpaired) electrons. The Morgan fingerprint density at radius 2 is 2.00 bits per heavy atom. The van der Waals surface area contributed by atoms with E-state index in [1.807, 2.05) is 6.92 Å². The molecule has 0 fully saturated rings. The molecular formula is C11H15F2NO. The molecule has 0 aliphatic heterocycles. The van der Waals surface area contributed by atoms with Crippen LogP contribution in [0.5, 0.6) is 5.75 Å². The number of rotatable bonds is 4. The lowest BCUT2D eigenvalue weighted by molar-refractivity contribution is 0.130. The zero-order chi connectivity index (χ0) is 11.4. The summed E-state index contributed by atoms with van der Waals surface area (Å²) in [6.07, 6.45) is -2.37. The van der Waals surface area contributed by atoms with Crippen molar-refractivity contribution in [3.05, 3.63) is 23.8 Å². The van der Waals surface area contributed by atoms with Gasteiger partial charge in [0.25, 0.3) is 6.43 Å². The first kappa shape index (κ1) is 11.8. The maximum Gasteiger partial charge on any atom is 0.258 e. The van der Waals surface area contributed by atoms with Gasteiger partial charge in [-0.3, -0.25) is 0 Å². The van der Waals surface area contributed by atoms with Gasteiger partial charge in [0.05, 0.1) is 13.2 Å². The summed E-state index contributed by atoms with van der Waals surface area (Å²) in [6.45, 7) is 3.30. The van der Waals surface area contributed by atoms with E-state index < -0.39 is 12.5 Å². The van der Waals surface area contributed by atoms with Crippen molar-refractivity contribution in [3.8, 4) is 5.75 Å². The van der Waals surface area contributed by atoms with Crippen LogP contribution in [0, 0.1) is 6.92 Å². The van der Waals surface area contributed by atoms with E-state index in [0.29, 0.717) is 5.69 Å². The Morgan fingerprint density at radius 1 is 1.33 bits per heavy atom. The molecular weight excluding hydrogens is 200 g/mol. The van der Waals surface area contributed by atoms with Crippen molar-refractivity contribution in [2.45, 2.75) is 26.3 Å². The molecule has 1 aromatic carbocycles. The average molecular weight is 215 g/mol. The number of anilines is 1. The minimum Gasteiger partial charge on any atom is -0.497 e. The number of ether oxygens (including phenoxy) is 1. The van der Waals surface area contributed by atoms with Gasteiger partial charge in [0, 0.05) is 5.69 Å². The number of nitrogens with one attached hydrogen (secondary N) is 1. The zero-order valence-corrected chi connectivity index (χ0v) is 9.05. The van der Waals surface area contributed by atoms with Crippen LogP contribution >= 0.6 is 0 Å². The summed E-state index contributed by atoms with van der Waals surface area (Å²) in [6, 6.07) is 4.44. The average Bonchev–Trinajstić information content (AvgIpc) is 2.20. The normalized spacial score (nSPS) is 12.7. The van der Waals surface area contributed by atoms with Crippen LogP contribution in [-0.4, -0.2) is 19.6 Å². The second-order valence-electron chi connectivity index (χ2n) is 3.45. The van der Waals surface area contributed by atoms with Crippen LogP contribution in [-0.2, 0) is 0 Å². The van der Waals surface area contributed by atoms with E-state index in [9.17, 15) is 8.78 Å². The largest absolute Gasteiger partial charge is 0.497 e. The Morgan fingerprint density at radius 3 is 2.47 bits per heavy atom. The summed E-state index contributed by atoms with van der Waals surface area (Å²) in [5.41, 5.74) is 1.60. The summed E-state index contributed by atoms with van der Waals surface area (Å²) >= 11 is 0. The quantitative estimate of drug-likeness (QED) is 0.833. The monoisotopic (exact) mass is 215 g/mol. The lowest BCUT2D eigenvalue weighted by atomic mass is 10.1. The van der Waals surface area contributed by atoms with Crippen molar-refractivity contribution >= 4 is 5.69 Å². The van der Waals surface area contributed by atoms with Crippen molar-refractivity contribution in [1.82, 2.24) is 0 Å². The van der Waals surface area contributed by atoms with Crippen LogP contribution in [0.25, 0.3) is 0 Å². The predicted octanol–water partition coefficient (Wildman–Crippen LogP) is 3.07. The summed E-state index contributed by atoms with van der Waals surface area (Å²) in [5, 5.41) is 2.76. The Kier molecular flexibility index (Phi) is 3.88. The number of halogens is 2. The van der Waals surface area contributed by atoms with Gasteiger partial charge in [0.2, 0.25) is 0 Å². The molecule has 84 valence electrons. The van der Waals surface area contributed by atoms with Gasteiger partial charge in [-0.1, -0.05) is 0 Å². The fourth-order valence-electron chi connectivity index (χ4n) is 1.23. The molecule has 15 heavy (non-hydrogen) atoms. The molecule has 0 aliphatic carbocycles. The highest BCUT2D eigenvalue weighted by Crippen LogP contribution is 2.22. The second-order valence-corrected chi connectivity index (χ2v) is 3.45. The van der Waals surface area contributed by atoms with Gasteiger partial charge in [-0.15, -0.1) is 0 Å². The highest BCUT2D eigenvalue weighted by atomic mass is 19.3. The summed E-state index contributed by atoms with van der Waals surface area (Å²) in [4.78, 5) is 0. The molecule has 0 saturated heterocycles. The molecule has 4 heteroatoms. The zero-order valence-electron chi connectivity index (χ0n) is 9.05. The van der Waals surface area contributed by atoms with Crippen molar-refractivity contribution in [3.63, 3.8) is 0 Å². The molecule has 0 aliphatic rings. The topological polar surface area (TPSA) is 21.3 Å². The highest BCUT2D eigenvalue weighted by molar-refractivity contribution is 5.54. The van der Waals surface area contributed by atoms with Crippen LogP contribution < -0.4 is 10.1 Å². The SMILES string of the molecule is COc1ccc(NC(C)C(F)F)c(C)c1. The third-order valence-corrected chi connectivity index (χ3v) is 2.19. The van der Waals surface area contributed by atoms with E-state index in [2.05, 4.69) is 5.32 Å². The molecule has 0 amide bonds. The van der Waals surface area contributed by atoms with E-state index in [-0.39, 0.29) is 0 Å². The molecule has 2 nitrogen and oxygen atoms in total. The Labute approximate surface area is 88.3 Å². The first-order chi connectivity index (χ1) is 7.04. The maximum atomic E-state index is 12.3. The molecule has 1 unspecified atom stereocenters. The number of methoxy groups -OCH3 is 1. The third-order valence-electron chi connectivity index (χ3n) is 2.19. The summed E-state index contributed by atoms with van der Waals surface area (Å²) in [5.74, 6) is 0.725. The molecule has 1 atom stereocenters. The van der Waals surface area contributed by atoms with Crippen LogP contribution in [0.3, 0.4) is 0 Å². The number of alkyl halides is 2. The van der Waals surface area contributed by atoms with Crippen molar-refractivity contribution in [2.75, 3.05) is 12.4 Å². The van der Waals surface area contributed by atoms with Crippen LogP contribution in [0.2, 0.25) is 0 Å². The Bertz CT molecular complexity index is 328. The molecule has 0 aromatic heterocycles. The van der Waals surface area contributed by atoms with Gasteiger partial charge in [-0.25, -0.2) is 8.78 Å². The number of hydrogen-bond donors (Lipinski definition) is 1.